The lowest BCUT2D eigenvalue weighted by atomic mass is 10.2. The maximum Gasteiger partial charge on any atom is 0.114 e. The van der Waals surface area contributed by atoms with Gasteiger partial charge in [0.25, 0.3) is 0 Å². The predicted molar refractivity (Wildman–Crippen MR) is 39.3 cm³/mol. The van der Waals surface area contributed by atoms with E-state index in [9.17, 15) is 4.39 Å². The van der Waals surface area contributed by atoms with Crippen LogP contribution in [-0.4, -0.2) is 31.6 Å². The molecule has 1 saturated heterocycles. The molecule has 0 spiro atoms. The molecule has 0 radical (unpaired) electrons. The summed E-state index contributed by atoms with van der Waals surface area (Å²) < 4.78 is 12.7. The maximum atomic E-state index is 12.7. The molecular formula is C7H13FN2. The quantitative estimate of drug-likeness (QED) is 0.580. The minimum atomic E-state index is -0.121. The molecule has 3 heteroatoms. The number of hydrogen-bond donors (Lipinski definition) is 1. The summed E-state index contributed by atoms with van der Waals surface area (Å²) in [5, 5.41) is 0. The second kappa shape index (κ2) is 3.12. The number of rotatable bonds is 1. The van der Waals surface area contributed by atoms with Gasteiger partial charge in [-0.3, -0.25) is 0 Å². The van der Waals surface area contributed by atoms with Crippen molar-refractivity contribution in [3.8, 4) is 0 Å². The second-order valence-electron chi connectivity index (χ2n) is 2.70. The summed E-state index contributed by atoms with van der Waals surface area (Å²) in [5.41, 5.74) is 6.03. The van der Waals surface area contributed by atoms with Crippen molar-refractivity contribution in [1.29, 1.82) is 0 Å². The molecule has 1 rings (SSSR count). The summed E-state index contributed by atoms with van der Waals surface area (Å²) >= 11 is 0. The molecule has 1 fully saturated rings. The zero-order valence-electron chi connectivity index (χ0n) is 6.23. The molecule has 0 aromatic heterocycles. The first kappa shape index (κ1) is 7.69. The van der Waals surface area contributed by atoms with Crippen LogP contribution in [0.5, 0.6) is 0 Å². The summed E-state index contributed by atoms with van der Waals surface area (Å²) in [7, 11) is 1.98. The van der Waals surface area contributed by atoms with Gasteiger partial charge in [0.05, 0.1) is 0 Å². The van der Waals surface area contributed by atoms with Crippen molar-refractivity contribution in [2.75, 3.05) is 26.7 Å². The highest BCUT2D eigenvalue weighted by molar-refractivity contribution is 5.14. The standard InChI is InChI=1S/C7H13FN2/c1-10-3-2-6(5-10)7(8)4-9/h2-5,9H2,1H3. The average Bonchev–Trinajstić information content (AvgIpc) is 2.34. The van der Waals surface area contributed by atoms with Gasteiger partial charge >= 0.3 is 0 Å². The number of halogens is 1. The monoisotopic (exact) mass is 144 g/mol. The summed E-state index contributed by atoms with van der Waals surface area (Å²) in [6, 6.07) is 0. The average molecular weight is 144 g/mol. The Balaban J connectivity index is 2.58. The van der Waals surface area contributed by atoms with E-state index < -0.39 is 0 Å². The van der Waals surface area contributed by atoms with E-state index in [2.05, 4.69) is 4.90 Å². The first-order chi connectivity index (χ1) is 4.74. The van der Waals surface area contributed by atoms with E-state index in [1.807, 2.05) is 7.05 Å². The molecule has 0 aromatic carbocycles. The van der Waals surface area contributed by atoms with Crippen molar-refractivity contribution in [1.82, 2.24) is 4.90 Å². The van der Waals surface area contributed by atoms with Gasteiger partial charge in [-0.2, -0.15) is 0 Å². The Bertz CT molecular complexity index is 154. The first-order valence-electron chi connectivity index (χ1n) is 3.49. The molecule has 2 N–H and O–H groups in total. The Morgan fingerprint density at radius 3 is 2.90 bits per heavy atom. The van der Waals surface area contributed by atoms with E-state index in [-0.39, 0.29) is 12.4 Å². The minimum Gasteiger partial charge on any atom is -0.325 e. The lowest BCUT2D eigenvalue weighted by Gasteiger charge is -2.03. The molecule has 0 atom stereocenters. The van der Waals surface area contributed by atoms with Crippen LogP contribution in [0.25, 0.3) is 0 Å². The third kappa shape index (κ3) is 1.55. The normalized spacial score (nSPS) is 25.5. The Kier molecular flexibility index (Phi) is 2.40. The van der Waals surface area contributed by atoms with Crippen LogP contribution in [0.1, 0.15) is 6.42 Å². The summed E-state index contributed by atoms with van der Waals surface area (Å²) in [6.07, 6.45) is 0.847. The fourth-order valence-electron chi connectivity index (χ4n) is 1.18. The van der Waals surface area contributed by atoms with E-state index >= 15 is 0 Å². The van der Waals surface area contributed by atoms with Gasteiger partial charge in [0.1, 0.15) is 5.83 Å². The van der Waals surface area contributed by atoms with Crippen molar-refractivity contribution in [2.24, 2.45) is 5.73 Å². The molecule has 2 nitrogen and oxygen atoms in total. The van der Waals surface area contributed by atoms with Crippen molar-refractivity contribution in [2.45, 2.75) is 6.42 Å². The zero-order valence-corrected chi connectivity index (χ0v) is 6.23. The van der Waals surface area contributed by atoms with Gasteiger partial charge < -0.3 is 10.6 Å². The van der Waals surface area contributed by atoms with Gasteiger partial charge in [0, 0.05) is 19.6 Å². The molecule has 1 aliphatic rings. The van der Waals surface area contributed by atoms with E-state index in [1.165, 1.54) is 0 Å². The number of hydrogen-bond acceptors (Lipinski definition) is 2. The number of nitrogens with zero attached hydrogens (tertiary/aromatic N) is 1. The van der Waals surface area contributed by atoms with Crippen molar-refractivity contribution in [3.05, 3.63) is 11.4 Å². The maximum absolute atomic E-state index is 12.7. The molecule has 10 heavy (non-hydrogen) atoms. The van der Waals surface area contributed by atoms with Gasteiger partial charge in [-0.05, 0) is 19.0 Å². The van der Waals surface area contributed by atoms with Crippen LogP contribution in [0.2, 0.25) is 0 Å². The topological polar surface area (TPSA) is 29.3 Å². The van der Waals surface area contributed by atoms with Crippen molar-refractivity contribution in [3.63, 3.8) is 0 Å². The number of likely N-dealkylation sites (tertiary alicyclic amines) is 1. The molecule has 0 amide bonds. The Hall–Kier alpha value is -0.410. The third-order valence-corrected chi connectivity index (χ3v) is 1.82. The Morgan fingerprint density at radius 2 is 2.50 bits per heavy atom. The third-order valence-electron chi connectivity index (χ3n) is 1.82. The van der Waals surface area contributed by atoms with Gasteiger partial charge in [-0.15, -0.1) is 0 Å². The predicted octanol–water partition coefficient (Wildman–Crippen LogP) is 0.504. The van der Waals surface area contributed by atoms with Crippen LogP contribution in [0.15, 0.2) is 11.4 Å². The fourth-order valence-corrected chi connectivity index (χ4v) is 1.18. The molecule has 0 unspecified atom stereocenters. The smallest absolute Gasteiger partial charge is 0.114 e. The first-order valence-corrected chi connectivity index (χ1v) is 3.49. The Morgan fingerprint density at radius 1 is 1.80 bits per heavy atom. The van der Waals surface area contributed by atoms with E-state index in [1.54, 1.807) is 0 Å². The minimum absolute atomic E-state index is 0.0587. The van der Waals surface area contributed by atoms with Gasteiger partial charge in [0.15, 0.2) is 0 Å². The second-order valence-corrected chi connectivity index (χ2v) is 2.70. The van der Waals surface area contributed by atoms with Crippen molar-refractivity contribution >= 4 is 0 Å². The highest BCUT2D eigenvalue weighted by Gasteiger charge is 2.15. The van der Waals surface area contributed by atoms with E-state index in [0.717, 1.165) is 25.1 Å². The highest BCUT2D eigenvalue weighted by Crippen LogP contribution is 2.17. The van der Waals surface area contributed by atoms with Crippen molar-refractivity contribution < 1.29 is 4.39 Å². The summed E-state index contributed by atoms with van der Waals surface area (Å²) in [4.78, 5) is 2.09. The molecule has 0 bridgehead atoms. The van der Waals surface area contributed by atoms with E-state index in [4.69, 9.17) is 5.73 Å². The zero-order chi connectivity index (χ0) is 7.56. The lowest BCUT2D eigenvalue weighted by molar-refractivity contribution is 0.423. The molecule has 1 heterocycles. The molecule has 0 saturated carbocycles. The molecule has 0 aromatic rings. The lowest BCUT2D eigenvalue weighted by Crippen LogP contribution is -2.12. The van der Waals surface area contributed by atoms with Crippen LogP contribution in [0.4, 0.5) is 4.39 Å². The largest absolute Gasteiger partial charge is 0.325 e. The van der Waals surface area contributed by atoms with Crippen LogP contribution >= 0.6 is 0 Å². The van der Waals surface area contributed by atoms with Crippen LogP contribution < -0.4 is 5.73 Å². The van der Waals surface area contributed by atoms with Gasteiger partial charge in [-0.25, -0.2) is 4.39 Å². The number of likely N-dealkylation sites (N-methyl/N-ethyl adjacent to an activating group) is 1. The fraction of sp³-hybridized carbons (Fsp3) is 0.714. The molecule has 0 aliphatic carbocycles. The molecular weight excluding hydrogens is 131 g/mol. The molecule has 58 valence electrons. The summed E-state index contributed by atoms with van der Waals surface area (Å²) in [6.45, 7) is 1.77. The molecule has 1 aliphatic heterocycles. The van der Waals surface area contributed by atoms with Gasteiger partial charge in [-0.1, -0.05) is 0 Å². The summed E-state index contributed by atoms with van der Waals surface area (Å²) in [5.74, 6) is -0.121. The Labute approximate surface area is 60.5 Å². The highest BCUT2D eigenvalue weighted by atomic mass is 19.1. The van der Waals surface area contributed by atoms with Crippen LogP contribution in [-0.2, 0) is 0 Å². The van der Waals surface area contributed by atoms with Crippen LogP contribution in [0.3, 0.4) is 0 Å². The van der Waals surface area contributed by atoms with Gasteiger partial charge in [0.2, 0.25) is 0 Å². The SMILES string of the molecule is CN1CCC(=C(F)CN)C1. The number of nitrogens with two attached hydrogens (primary N) is 1. The van der Waals surface area contributed by atoms with Crippen LogP contribution in [0, 0.1) is 0 Å². The van der Waals surface area contributed by atoms with E-state index in [0.29, 0.717) is 0 Å².